The molecule has 0 fully saturated rings. The molecule has 26 heavy (non-hydrogen) atoms. The number of thiazole rings is 1. The van der Waals surface area contributed by atoms with Gasteiger partial charge >= 0.3 is 0 Å². The van der Waals surface area contributed by atoms with E-state index in [4.69, 9.17) is 14.2 Å². The lowest BCUT2D eigenvalue weighted by atomic mass is 10.3. The second-order valence-corrected chi connectivity index (χ2v) is 6.48. The Hall–Kier alpha value is -2.64. The molecule has 3 aromatic rings. The summed E-state index contributed by atoms with van der Waals surface area (Å²) >= 11 is 1.44. The summed E-state index contributed by atoms with van der Waals surface area (Å²) in [6.45, 7) is 1.03. The van der Waals surface area contributed by atoms with Crippen LogP contribution >= 0.6 is 11.3 Å². The van der Waals surface area contributed by atoms with Crippen LogP contribution in [0.3, 0.4) is 0 Å². The van der Waals surface area contributed by atoms with Crippen molar-refractivity contribution < 1.29 is 19.0 Å². The first-order valence-electron chi connectivity index (χ1n) is 8.13. The van der Waals surface area contributed by atoms with Gasteiger partial charge in [0.15, 0.2) is 11.4 Å². The zero-order valence-corrected chi connectivity index (χ0v) is 15.5. The van der Waals surface area contributed by atoms with E-state index in [1.54, 1.807) is 26.4 Å². The van der Waals surface area contributed by atoms with Crippen molar-refractivity contribution in [2.75, 3.05) is 27.4 Å². The standard InChI is InChI=1S/C19H20N2O4S/c1-23-11-10-21-16-9-8-15(24-2)12-17(16)26-19(21)20-18(22)13-25-14-6-4-3-5-7-14/h3-9,12H,10-11,13H2,1-2H3. The number of carbonyl (C=O) groups is 1. The van der Waals surface area contributed by atoms with E-state index in [1.165, 1.54) is 11.3 Å². The molecule has 0 aliphatic carbocycles. The van der Waals surface area contributed by atoms with Crippen LogP contribution in [0.5, 0.6) is 11.5 Å². The van der Waals surface area contributed by atoms with Crippen LogP contribution in [-0.2, 0) is 16.1 Å². The van der Waals surface area contributed by atoms with Crippen LogP contribution < -0.4 is 14.3 Å². The van der Waals surface area contributed by atoms with Crippen molar-refractivity contribution in [1.82, 2.24) is 4.57 Å². The number of aromatic nitrogens is 1. The summed E-state index contributed by atoms with van der Waals surface area (Å²) in [6.07, 6.45) is 0. The molecule has 0 bridgehead atoms. The second-order valence-electron chi connectivity index (χ2n) is 5.47. The lowest BCUT2D eigenvalue weighted by Gasteiger charge is -2.05. The first-order chi connectivity index (χ1) is 12.7. The number of para-hydroxylation sites is 1. The number of hydrogen-bond acceptors (Lipinski definition) is 5. The molecular formula is C19H20N2O4S. The van der Waals surface area contributed by atoms with Crippen molar-refractivity contribution >= 4 is 27.5 Å². The van der Waals surface area contributed by atoms with E-state index in [0.29, 0.717) is 23.7 Å². The molecule has 1 aromatic heterocycles. The molecular weight excluding hydrogens is 352 g/mol. The number of amides is 1. The van der Waals surface area contributed by atoms with Crippen molar-refractivity contribution in [2.45, 2.75) is 6.54 Å². The van der Waals surface area contributed by atoms with Crippen molar-refractivity contribution in [2.24, 2.45) is 4.99 Å². The first-order valence-corrected chi connectivity index (χ1v) is 8.94. The minimum Gasteiger partial charge on any atom is -0.497 e. The molecule has 0 saturated carbocycles. The number of carbonyl (C=O) groups excluding carboxylic acids is 1. The molecule has 1 amide bonds. The Labute approximate surface area is 155 Å². The zero-order chi connectivity index (χ0) is 18.4. The average molecular weight is 372 g/mol. The summed E-state index contributed by atoms with van der Waals surface area (Å²) < 4.78 is 18.9. The second kappa shape index (κ2) is 8.64. The normalized spacial score (nSPS) is 11.7. The third kappa shape index (κ3) is 4.30. The highest BCUT2D eigenvalue weighted by Gasteiger charge is 2.09. The van der Waals surface area contributed by atoms with Crippen LogP contribution in [0.25, 0.3) is 10.2 Å². The maximum absolute atomic E-state index is 12.3. The van der Waals surface area contributed by atoms with Crippen LogP contribution in [0, 0.1) is 0 Å². The van der Waals surface area contributed by atoms with Crippen LogP contribution in [-0.4, -0.2) is 37.9 Å². The van der Waals surface area contributed by atoms with Gasteiger partial charge in [0.1, 0.15) is 11.5 Å². The molecule has 3 rings (SSSR count). The van der Waals surface area contributed by atoms with E-state index in [0.717, 1.165) is 16.0 Å². The van der Waals surface area contributed by atoms with Gasteiger partial charge in [-0.2, -0.15) is 4.99 Å². The van der Waals surface area contributed by atoms with Crippen LogP contribution in [0.1, 0.15) is 0 Å². The van der Waals surface area contributed by atoms with E-state index in [2.05, 4.69) is 4.99 Å². The van der Waals surface area contributed by atoms with Crippen LogP contribution in [0.15, 0.2) is 53.5 Å². The molecule has 0 unspecified atom stereocenters. The maximum Gasteiger partial charge on any atom is 0.286 e. The Kier molecular flexibility index (Phi) is 6.04. The Balaban J connectivity index is 1.88. The van der Waals surface area contributed by atoms with Crippen LogP contribution in [0.4, 0.5) is 0 Å². The number of rotatable bonds is 7. The minimum absolute atomic E-state index is 0.105. The minimum atomic E-state index is -0.335. The van der Waals surface area contributed by atoms with Gasteiger partial charge in [-0.1, -0.05) is 29.5 Å². The van der Waals surface area contributed by atoms with Crippen molar-refractivity contribution in [3.05, 3.63) is 53.3 Å². The fourth-order valence-corrected chi connectivity index (χ4v) is 3.57. The Morgan fingerprint density at radius 2 is 1.92 bits per heavy atom. The number of fused-ring (bicyclic) bond motifs is 1. The average Bonchev–Trinajstić information content (AvgIpc) is 3.01. The SMILES string of the molecule is COCCn1c(=NC(=O)COc2ccccc2)sc2cc(OC)ccc21. The third-order valence-corrected chi connectivity index (χ3v) is 4.78. The summed E-state index contributed by atoms with van der Waals surface area (Å²) in [5.74, 6) is 1.07. The highest BCUT2D eigenvalue weighted by molar-refractivity contribution is 7.16. The summed E-state index contributed by atoms with van der Waals surface area (Å²) in [7, 11) is 3.28. The number of methoxy groups -OCH3 is 2. The zero-order valence-electron chi connectivity index (χ0n) is 14.7. The Morgan fingerprint density at radius 1 is 1.12 bits per heavy atom. The largest absolute Gasteiger partial charge is 0.497 e. The molecule has 0 radical (unpaired) electrons. The summed E-state index contributed by atoms with van der Waals surface area (Å²) in [5, 5.41) is 0. The molecule has 0 N–H and O–H groups in total. The Bertz CT molecular complexity index is 947. The van der Waals surface area contributed by atoms with Crippen LogP contribution in [0.2, 0.25) is 0 Å². The summed E-state index contributed by atoms with van der Waals surface area (Å²) in [6, 6.07) is 15.0. The van der Waals surface area contributed by atoms with E-state index in [9.17, 15) is 4.79 Å². The van der Waals surface area contributed by atoms with E-state index in [1.807, 2.05) is 41.0 Å². The van der Waals surface area contributed by atoms with Gasteiger partial charge in [-0.3, -0.25) is 4.79 Å². The van der Waals surface area contributed by atoms with Crippen molar-refractivity contribution in [3.63, 3.8) is 0 Å². The molecule has 7 heteroatoms. The first kappa shape index (κ1) is 18.2. The number of benzene rings is 2. The highest BCUT2D eigenvalue weighted by atomic mass is 32.1. The molecule has 0 spiro atoms. The maximum atomic E-state index is 12.3. The molecule has 6 nitrogen and oxygen atoms in total. The molecule has 0 atom stereocenters. The van der Waals surface area contributed by atoms with Gasteiger partial charge in [-0.15, -0.1) is 0 Å². The number of hydrogen-bond donors (Lipinski definition) is 0. The molecule has 136 valence electrons. The van der Waals surface area contributed by atoms with Gasteiger partial charge in [-0.25, -0.2) is 0 Å². The van der Waals surface area contributed by atoms with Gasteiger partial charge in [-0.05, 0) is 30.3 Å². The predicted octanol–water partition coefficient (Wildman–Crippen LogP) is 2.86. The Morgan fingerprint density at radius 3 is 2.65 bits per heavy atom. The van der Waals surface area contributed by atoms with E-state index in [-0.39, 0.29) is 12.5 Å². The van der Waals surface area contributed by atoms with Crippen molar-refractivity contribution in [1.29, 1.82) is 0 Å². The number of nitrogens with zero attached hydrogens (tertiary/aromatic N) is 2. The fourth-order valence-electron chi connectivity index (χ4n) is 2.47. The monoisotopic (exact) mass is 372 g/mol. The smallest absolute Gasteiger partial charge is 0.286 e. The molecule has 0 aliphatic rings. The van der Waals surface area contributed by atoms with E-state index < -0.39 is 0 Å². The van der Waals surface area contributed by atoms with Gasteiger partial charge < -0.3 is 18.8 Å². The topological polar surface area (TPSA) is 62.1 Å². The summed E-state index contributed by atoms with van der Waals surface area (Å²) in [5.41, 5.74) is 0.989. The predicted molar refractivity (Wildman–Crippen MR) is 101 cm³/mol. The molecule has 1 heterocycles. The van der Waals surface area contributed by atoms with Crippen molar-refractivity contribution in [3.8, 4) is 11.5 Å². The molecule has 0 aliphatic heterocycles. The third-order valence-electron chi connectivity index (χ3n) is 3.73. The van der Waals surface area contributed by atoms with Gasteiger partial charge in [0, 0.05) is 13.7 Å². The quantitative estimate of drug-likeness (QED) is 0.640. The fraction of sp³-hybridized carbons (Fsp3) is 0.263. The highest BCUT2D eigenvalue weighted by Crippen LogP contribution is 2.23. The van der Waals surface area contributed by atoms with E-state index >= 15 is 0 Å². The molecule has 2 aromatic carbocycles. The van der Waals surface area contributed by atoms with Gasteiger partial charge in [0.2, 0.25) is 0 Å². The van der Waals surface area contributed by atoms with Gasteiger partial charge in [0.05, 0.1) is 23.9 Å². The molecule has 0 saturated heterocycles. The van der Waals surface area contributed by atoms with Gasteiger partial charge in [0.25, 0.3) is 5.91 Å². The lowest BCUT2D eigenvalue weighted by Crippen LogP contribution is -2.21. The number of ether oxygens (including phenoxy) is 3. The summed E-state index contributed by atoms with van der Waals surface area (Å²) in [4.78, 5) is 17.1. The lowest BCUT2D eigenvalue weighted by molar-refractivity contribution is -0.120.